The molecule has 0 saturated heterocycles. The van der Waals surface area contributed by atoms with E-state index in [1.165, 1.54) is 0 Å². The highest BCUT2D eigenvalue weighted by atomic mass is 35.5. The fourth-order valence-electron chi connectivity index (χ4n) is 15.2. The van der Waals surface area contributed by atoms with Gasteiger partial charge in [-0.05, 0) is 178 Å². The van der Waals surface area contributed by atoms with E-state index in [9.17, 15) is 0 Å². The molecule has 14 nitrogen and oxygen atoms in total. The summed E-state index contributed by atoms with van der Waals surface area (Å²) in [6, 6.07) is 85.9. The number of nitrogens with zero attached hydrogens (tertiary/aromatic N) is 2. The average Bonchev–Trinajstić information content (AvgIpc) is 0.670. The monoisotopic (exact) mass is 1480 g/mol. The molecule has 0 bridgehead atoms. The standard InChI is InChI=1S/C94H66Cl2N4O10/c1-53(2)87(89(101)97-65-37-33-63(95)34-38-65)99-91(103)71-49-75(107-67-41-25-59(26-42-67)55-17-9-5-10-18-55)81-83-77(109-69-45-29-61(30-46-69)57-21-13-7-14-22-57)51-73-80-74(94(106)100(93(73)105)88(54(3)4)90(102)98-66-39-35-64(96)36-40-66)52-78(110-70-47-31-62(32-48-70)58-23-15-8-16-24-58)84(86(80)83)82-76(50-72(92(99)104)79(71)85(81)82)108-68-43-27-60(28-44-68)56-19-11-6-12-20-56/h5-54,87-88H,1-4H3,(H,97,101)(H,98,102). The van der Waals surface area contributed by atoms with Gasteiger partial charge in [0.2, 0.25) is 11.8 Å². The van der Waals surface area contributed by atoms with Crippen molar-refractivity contribution >= 4 is 113 Å². The number of anilines is 2. The van der Waals surface area contributed by atoms with E-state index in [4.69, 9.17) is 42.1 Å². The zero-order valence-corrected chi connectivity index (χ0v) is 61.3. The fourth-order valence-corrected chi connectivity index (χ4v) is 15.5. The summed E-state index contributed by atoms with van der Waals surface area (Å²) in [6.07, 6.45) is 0. The number of benzene rings is 15. The first-order valence-corrected chi connectivity index (χ1v) is 36.8. The topological polar surface area (TPSA) is 170 Å². The SMILES string of the molecule is CC(C)C(C(=O)Nc1ccc(Cl)cc1)N1C(=O)c2cc(Oc3ccc(-c4ccccc4)cc3)c3c4c(Oc5ccc(-c6ccccc6)cc5)cc5c6c(cc(Oc7ccc(-c8ccccc8)cc7)c(c7c(Oc8ccc(-c9ccccc9)cc8)cc(c2c37)C1=O)c64)C(=O)N(C(C(=O)Nc1ccc(Cl)cc1)C(C)C)C5=O. The third kappa shape index (κ3) is 12.8. The average molecular weight is 1480 g/mol. The molecular weight excluding hydrogens is 1420 g/mol. The maximum Gasteiger partial charge on any atom is 0.262 e. The Labute approximate surface area is 642 Å². The third-order valence-corrected chi connectivity index (χ3v) is 20.8. The van der Waals surface area contributed by atoms with Crippen molar-refractivity contribution in [1.82, 2.24) is 9.80 Å². The Kier molecular flexibility index (Phi) is 18.2. The molecule has 2 aliphatic heterocycles. The third-order valence-electron chi connectivity index (χ3n) is 20.3. The van der Waals surface area contributed by atoms with E-state index in [0.717, 1.165) is 54.3 Å². The molecular formula is C94H66Cl2N4O10. The van der Waals surface area contributed by atoms with E-state index in [2.05, 4.69) is 10.6 Å². The van der Waals surface area contributed by atoms with E-state index < -0.39 is 59.4 Å². The second-order valence-corrected chi connectivity index (χ2v) is 28.9. The van der Waals surface area contributed by atoms with E-state index >= 15 is 28.8 Å². The van der Waals surface area contributed by atoms with Gasteiger partial charge in [-0.3, -0.25) is 38.6 Å². The van der Waals surface area contributed by atoms with Crippen LogP contribution in [0.2, 0.25) is 10.0 Å². The van der Waals surface area contributed by atoms with Crippen molar-refractivity contribution in [1.29, 1.82) is 0 Å². The van der Waals surface area contributed by atoms with E-state index in [1.54, 1.807) is 100 Å². The summed E-state index contributed by atoms with van der Waals surface area (Å²) in [5.74, 6) is -4.28. The zero-order valence-electron chi connectivity index (χ0n) is 59.8. The van der Waals surface area contributed by atoms with Crippen molar-refractivity contribution in [3.63, 3.8) is 0 Å². The lowest BCUT2D eigenvalue weighted by molar-refractivity contribution is -0.121. The van der Waals surface area contributed by atoms with Crippen molar-refractivity contribution < 1.29 is 47.7 Å². The molecule has 2 aliphatic rings. The Hall–Kier alpha value is -13.4. The summed E-state index contributed by atoms with van der Waals surface area (Å²) in [5.41, 5.74) is 8.05. The molecule has 2 heterocycles. The Bertz CT molecular complexity index is 5470. The number of nitrogens with one attached hydrogen (secondary N) is 2. The van der Waals surface area contributed by atoms with Crippen LogP contribution >= 0.6 is 23.2 Å². The van der Waals surface area contributed by atoms with Crippen LogP contribution in [0.15, 0.2) is 291 Å². The molecule has 0 aromatic heterocycles. The summed E-state index contributed by atoms with van der Waals surface area (Å²) < 4.78 is 29.5. The quantitative estimate of drug-likeness (QED) is 0.0425. The normalized spacial score (nSPS) is 13.2. The number of hydrogen-bond donors (Lipinski definition) is 2. The first-order chi connectivity index (χ1) is 53.5. The molecule has 0 fully saturated rings. The Morgan fingerprint density at radius 3 is 0.718 bits per heavy atom. The summed E-state index contributed by atoms with van der Waals surface area (Å²) in [6.45, 7) is 7.06. The molecule has 0 spiro atoms. The van der Waals surface area contributed by atoms with Crippen LogP contribution in [0, 0.1) is 11.8 Å². The predicted octanol–water partition coefficient (Wildman–Crippen LogP) is 23.4. The number of rotatable bonds is 20. The maximum absolute atomic E-state index is 16.5. The van der Waals surface area contributed by atoms with Gasteiger partial charge >= 0.3 is 0 Å². The molecule has 110 heavy (non-hydrogen) atoms. The molecule has 17 rings (SSSR count). The highest BCUT2D eigenvalue weighted by Crippen LogP contribution is 2.58. The molecule has 16 heteroatoms. The van der Waals surface area contributed by atoms with Crippen molar-refractivity contribution in [3.05, 3.63) is 323 Å². The van der Waals surface area contributed by atoms with Gasteiger partial charge < -0.3 is 29.6 Å². The van der Waals surface area contributed by atoms with Crippen LogP contribution in [0.4, 0.5) is 11.4 Å². The minimum atomic E-state index is -1.40. The first kappa shape index (κ1) is 69.6. The van der Waals surface area contributed by atoms with E-state index in [-0.39, 0.29) is 88.3 Å². The molecule has 15 aromatic rings. The molecule has 2 N–H and O–H groups in total. The molecule has 0 radical (unpaired) electrons. The largest absolute Gasteiger partial charge is 0.457 e. The van der Waals surface area contributed by atoms with Crippen molar-refractivity contribution in [2.24, 2.45) is 11.8 Å². The fraction of sp³-hybridized carbons (Fsp3) is 0.0851. The Morgan fingerprint density at radius 2 is 0.500 bits per heavy atom. The number of carbonyl (C=O) groups is 6. The van der Waals surface area contributed by atoms with E-state index in [1.807, 2.05) is 218 Å². The van der Waals surface area contributed by atoms with Crippen molar-refractivity contribution in [3.8, 4) is 90.5 Å². The van der Waals surface area contributed by atoms with Crippen LogP contribution in [0.3, 0.4) is 0 Å². The summed E-state index contributed by atoms with van der Waals surface area (Å²) in [4.78, 5) is 98.3. The second kappa shape index (κ2) is 28.7. The molecule has 2 unspecified atom stereocenters. The lowest BCUT2D eigenvalue weighted by atomic mass is 9.80. The van der Waals surface area contributed by atoms with Gasteiger partial charge in [0.25, 0.3) is 23.6 Å². The maximum atomic E-state index is 16.5. The molecule has 0 aliphatic carbocycles. The number of fused-ring (bicyclic) bond motifs is 2. The summed E-state index contributed by atoms with van der Waals surface area (Å²) in [5, 5.41) is 8.70. The van der Waals surface area contributed by atoms with Gasteiger partial charge in [0.05, 0.1) is 22.3 Å². The van der Waals surface area contributed by atoms with Gasteiger partial charge in [0, 0.05) is 64.5 Å². The van der Waals surface area contributed by atoms with Gasteiger partial charge in [-0.1, -0.05) is 221 Å². The van der Waals surface area contributed by atoms with Crippen LogP contribution < -0.4 is 29.6 Å². The predicted molar refractivity (Wildman–Crippen MR) is 434 cm³/mol. The van der Waals surface area contributed by atoms with Crippen molar-refractivity contribution in [2.75, 3.05) is 10.6 Å². The van der Waals surface area contributed by atoms with Crippen molar-refractivity contribution in [2.45, 2.75) is 39.8 Å². The molecule has 536 valence electrons. The molecule has 6 amide bonds. The van der Waals surface area contributed by atoms with Crippen LogP contribution in [-0.4, -0.2) is 57.3 Å². The number of carbonyl (C=O) groups excluding carboxylic acids is 6. The van der Waals surface area contributed by atoms with Gasteiger partial charge in [-0.25, -0.2) is 0 Å². The van der Waals surface area contributed by atoms with Crippen LogP contribution in [0.1, 0.15) is 69.1 Å². The summed E-state index contributed by atoms with van der Waals surface area (Å²) in [7, 11) is 0. The first-order valence-electron chi connectivity index (χ1n) is 36.1. The highest BCUT2D eigenvalue weighted by molar-refractivity contribution is 6.45. The molecule has 2 atom stereocenters. The van der Waals surface area contributed by atoms with Crippen LogP contribution in [0.25, 0.3) is 87.6 Å². The Morgan fingerprint density at radius 1 is 0.282 bits per heavy atom. The van der Waals surface area contributed by atoms with E-state index in [0.29, 0.717) is 44.4 Å². The van der Waals surface area contributed by atoms with Gasteiger partial charge in [-0.15, -0.1) is 0 Å². The Balaban J connectivity index is 0.998. The second-order valence-electron chi connectivity index (χ2n) is 28.0. The molecule has 0 saturated carbocycles. The van der Waals surface area contributed by atoms with Gasteiger partial charge in [-0.2, -0.15) is 0 Å². The smallest absolute Gasteiger partial charge is 0.262 e. The number of ether oxygens (including phenoxy) is 4. The number of imide groups is 2. The number of amides is 6. The minimum absolute atomic E-state index is 0.0104. The molecule has 15 aromatic carbocycles. The van der Waals surface area contributed by atoms with Gasteiger partial charge in [0.1, 0.15) is 58.1 Å². The highest BCUT2D eigenvalue weighted by Gasteiger charge is 2.47. The van der Waals surface area contributed by atoms with Crippen LogP contribution in [-0.2, 0) is 9.59 Å². The lowest BCUT2D eigenvalue weighted by Gasteiger charge is -2.37. The van der Waals surface area contributed by atoms with Gasteiger partial charge in [0.15, 0.2) is 0 Å². The zero-order chi connectivity index (χ0) is 75.6. The summed E-state index contributed by atoms with van der Waals surface area (Å²) >= 11 is 12.7. The number of hydrogen-bond acceptors (Lipinski definition) is 10. The van der Waals surface area contributed by atoms with Crippen LogP contribution in [0.5, 0.6) is 46.0 Å². The number of halogens is 2. The minimum Gasteiger partial charge on any atom is -0.457 e. The lowest BCUT2D eigenvalue weighted by Crippen LogP contribution is -2.54.